The molecule has 28 heavy (non-hydrogen) atoms. The molecule has 0 saturated carbocycles. The Labute approximate surface area is 175 Å². The second-order valence-electron chi connectivity index (χ2n) is 6.08. The Morgan fingerprint density at radius 1 is 1.25 bits per heavy atom. The summed E-state index contributed by atoms with van der Waals surface area (Å²) < 4.78 is 52.1. The van der Waals surface area contributed by atoms with Gasteiger partial charge in [0.2, 0.25) is 10.0 Å². The number of halogens is 3. The number of ether oxygens (including phenoxy) is 2. The third-order valence-corrected chi connectivity index (χ3v) is 6.79. The molecule has 0 aliphatic carbocycles. The van der Waals surface area contributed by atoms with Crippen LogP contribution < -0.4 is 4.74 Å². The van der Waals surface area contributed by atoms with Crippen molar-refractivity contribution in [1.82, 2.24) is 4.31 Å². The maximum Gasteiger partial charge on any atom is 0.346 e. The van der Waals surface area contributed by atoms with Crippen LogP contribution in [0.25, 0.3) is 0 Å². The Bertz CT molecular complexity index is 1000. The zero-order chi connectivity index (χ0) is 20.5. The Morgan fingerprint density at radius 3 is 2.57 bits per heavy atom. The summed E-state index contributed by atoms with van der Waals surface area (Å²) >= 11 is 9.37. The summed E-state index contributed by atoms with van der Waals surface area (Å²) in [6.45, 7) is 2.60. The molecule has 0 N–H and O–H groups in total. The molecule has 0 spiro atoms. The van der Waals surface area contributed by atoms with E-state index in [0.717, 1.165) is 18.2 Å². The van der Waals surface area contributed by atoms with Crippen LogP contribution in [0.4, 0.5) is 4.39 Å². The zero-order valence-electron chi connectivity index (χ0n) is 14.7. The minimum atomic E-state index is -3.88. The van der Waals surface area contributed by atoms with E-state index in [9.17, 15) is 17.6 Å². The number of sulfonamides is 1. The van der Waals surface area contributed by atoms with E-state index in [0.29, 0.717) is 10.0 Å². The number of benzene rings is 2. The standard InChI is InChI=1S/C18H16BrClFNO5S/c1-11-8-12(19)9-15(20)17(11)27-18(23)14-10-13(2-3-16(14)21)28(24,25)22-4-6-26-7-5-22/h2-3,8-10H,4-7H2,1H3. The molecule has 0 radical (unpaired) electrons. The number of hydrogen-bond donors (Lipinski definition) is 0. The second-order valence-corrected chi connectivity index (χ2v) is 9.34. The van der Waals surface area contributed by atoms with E-state index in [2.05, 4.69) is 15.9 Å². The van der Waals surface area contributed by atoms with E-state index in [4.69, 9.17) is 21.1 Å². The van der Waals surface area contributed by atoms with Gasteiger partial charge < -0.3 is 9.47 Å². The third-order valence-electron chi connectivity index (χ3n) is 4.15. The molecule has 0 aromatic heterocycles. The molecule has 1 heterocycles. The predicted octanol–water partition coefficient (Wildman–Crippen LogP) is 3.79. The first-order valence-corrected chi connectivity index (χ1v) is 10.9. The highest BCUT2D eigenvalue weighted by atomic mass is 79.9. The summed E-state index contributed by atoms with van der Waals surface area (Å²) in [5.41, 5.74) is 0.0675. The largest absolute Gasteiger partial charge is 0.421 e. The Hall–Kier alpha value is -1.52. The molecule has 3 rings (SSSR count). The van der Waals surface area contributed by atoms with Crippen molar-refractivity contribution >= 4 is 43.5 Å². The first kappa shape index (κ1) is 21.2. The van der Waals surface area contributed by atoms with Gasteiger partial charge >= 0.3 is 5.97 Å². The van der Waals surface area contributed by atoms with Crippen molar-refractivity contribution in [2.75, 3.05) is 26.3 Å². The maximum atomic E-state index is 14.2. The minimum Gasteiger partial charge on any atom is -0.421 e. The first-order valence-electron chi connectivity index (χ1n) is 8.25. The van der Waals surface area contributed by atoms with E-state index >= 15 is 0 Å². The van der Waals surface area contributed by atoms with Gasteiger partial charge in [-0.1, -0.05) is 27.5 Å². The molecular formula is C18H16BrClFNO5S. The fourth-order valence-corrected chi connectivity index (χ4v) is 5.17. The van der Waals surface area contributed by atoms with Gasteiger partial charge in [0, 0.05) is 17.6 Å². The number of nitrogens with zero attached hydrogens (tertiary/aromatic N) is 1. The van der Waals surface area contributed by atoms with Crippen LogP contribution in [0.2, 0.25) is 5.02 Å². The van der Waals surface area contributed by atoms with Crippen molar-refractivity contribution < 1.29 is 27.1 Å². The van der Waals surface area contributed by atoms with Crippen LogP contribution in [-0.4, -0.2) is 45.0 Å². The second kappa shape index (κ2) is 8.46. The van der Waals surface area contributed by atoms with E-state index < -0.39 is 27.4 Å². The number of hydrogen-bond acceptors (Lipinski definition) is 5. The summed E-state index contributed by atoms with van der Waals surface area (Å²) in [5.74, 6) is -1.85. The van der Waals surface area contributed by atoms with Crippen LogP contribution in [0.1, 0.15) is 15.9 Å². The van der Waals surface area contributed by atoms with Crippen molar-refractivity contribution in [3.8, 4) is 5.75 Å². The topological polar surface area (TPSA) is 72.9 Å². The summed E-state index contributed by atoms with van der Waals surface area (Å²) in [6, 6.07) is 6.25. The van der Waals surface area contributed by atoms with Gasteiger partial charge in [-0.05, 0) is 42.8 Å². The lowest BCUT2D eigenvalue weighted by atomic mass is 10.2. The van der Waals surface area contributed by atoms with Crippen LogP contribution in [0.15, 0.2) is 39.7 Å². The van der Waals surface area contributed by atoms with Gasteiger partial charge in [0.15, 0.2) is 5.75 Å². The van der Waals surface area contributed by atoms with E-state index in [1.54, 1.807) is 13.0 Å². The van der Waals surface area contributed by atoms with Crippen molar-refractivity contribution in [3.63, 3.8) is 0 Å². The number of morpholine rings is 1. The number of rotatable bonds is 4. The SMILES string of the molecule is Cc1cc(Br)cc(Cl)c1OC(=O)c1cc(S(=O)(=O)N2CCOCC2)ccc1F. The molecule has 0 unspecified atom stereocenters. The van der Waals surface area contributed by atoms with Crippen molar-refractivity contribution in [2.24, 2.45) is 0 Å². The van der Waals surface area contributed by atoms with Crippen LogP contribution in [0, 0.1) is 12.7 Å². The smallest absolute Gasteiger partial charge is 0.346 e. The maximum absolute atomic E-state index is 14.2. The molecule has 6 nitrogen and oxygen atoms in total. The Kier molecular flexibility index (Phi) is 6.41. The van der Waals surface area contributed by atoms with Gasteiger partial charge in [-0.3, -0.25) is 0 Å². The predicted molar refractivity (Wildman–Crippen MR) is 105 cm³/mol. The third kappa shape index (κ3) is 4.38. The van der Waals surface area contributed by atoms with Gasteiger partial charge in [0.05, 0.1) is 28.7 Å². The minimum absolute atomic E-state index is 0.0794. The van der Waals surface area contributed by atoms with E-state index in [-0.39, 0.29) is 42.0 Å². The van der Waals surface area contributed by atoms with Gasteiger partial charge in [0.1, 0.15) is 5.82 Å². The van der Waals surface area contributed by atoms with Gasteiger partial charge in [-0.25, -0.2) is 17.6 Å². The lowest BCUT2D eigenvalue weighted by Gasteiger charge is -2.26. The summed E-state index contributed by atoms with van der Waals surface area (Å²) in [4.78, 5) is 12.3. The van der Waals surface area contributed by atoms with Crippen molar-refractivity contribution in [2.45, 2.75) is 11.8 Å². The van der Waals surface area contributed by atoms with Gasteiger partial charge in [-0.2, -0.15) is 4.31 Å². The number of carbonyl (C=O) groups excluding carboxylic acids is 1. The fourth-order valence-electron chi connectivity index (χ4n) is 2.72. The van der Waals surface area contributed by atoms with Crippen LogP contribution >= 0.6 is 27.5 Å². The molecule has 0 atom stereocenters. The Morgan fingerprint density at radius 2 is 1.93 bits per heavy atom. The van der Waals surface area contributed by atoms with Gasteiger partial charge in [-0.15, -0.1) is 0 Å². The molecule has 2 aromatic carbocycles. The molecule has 1 aliphatic rings. The molecule has 10 heteroatoms. The molecule has 1 saturated heterocycles. The average molecular weight is 493 g/mol. The highest BCUT2D eigenvalue weighted by Gasteiger charge is 2.28. The molecule has 1 aliphatic heterocycles. The molecule has 0 bridgehead atoms. The fraction of sp³-hybridized carbons (Fsp3) is 0.278. The van der Waals surface area contributed by atoms with E-state index in [1.165, 1.54) is 10.4 Å². The molecule has 0 amide bonds. The first-order chi connectivity index (χ1) is 13.2. The monoisotopic (exact) mass is 491 g/mol. The number of carbonyl (C=O) groups is 1. The number of esters is 1. The molecule has 1 fully saturated rings. The summed E-state index contributed by atoms with van der Waals surface area (Å²) in [5, 5.41) is 0.165. The quantitative estimate of drug-likeness (QED) is 0.480. The van der Waals surface area contributed by atoms with E-state index in [1.807, 2.05) is 0 Å². The van der Waals surface area contributed by atoms with Crippen LogP contribution in [-0.2, 0) is 14.8 Å². The normalized spacial score (nSPS) is 15.4. The number of aryl methyl sites for hydroxylation is 1. The highest BCUT2D eigenvalue weighted by Crippen LogP contribution is 2.33. The van der Waals surface area contributed by atoms with Crippen LogP contribution in [0.3, 0.4) is 0 Å². The highest BCUT2D eigenvalue weighted by molar-refractivity contribution is 9.10. The van der Waals surface area contributed by atoms with Gasteiger partial charge in [0.25, 0.3) is 0 Å². The lowest BCUT2D eigenvalue weighted by Crippen LogP contribution is -2.40. The molecule has 150 valence electrons. The molecule has 2 aromatic rings. The van der Waals surface area contributed by atoms with Crippen LogP contribution in [0.5, 0.6) is 5.75 Å². The van der Waals surface area contributed by atoms with Crippen molar-refractivity contribution in [1.29, 1.82) is 0 Å². The Balaban J connectivity index is 1.92. The lowest BCUT2D eigenvalue weighted by molar-refractivity contribution is 0.0724. The summed E-state index contributed by atoms with van der Waals surface area (Å²) in [7, 11) is -3.88. The summed E-state index contributed by atoms with van der Waals surface area (Å²) in [6.07, 6.45) is 0. The average Bonchev–Trinajstić information content (AvgIpc) is 2.65. The van der Waals surface area contributed by atoms with Crippen molar-refractivity contribution in [3.05, 3.63) is 56.8 Å². The zero-order valence-corrected chi connectivity index (χ0v) is 17.9. The molecular weight excluding hydrogens is 477 g/mol.